The Bertz CT molecular complexity index is 482. The lowest BCUT2D eigenvalue weighted by Gasteiger charge is -2.21. The molecule has 0 amide bonds. The highest BCUT2D eigenvalue weighted by molar-refractivity contribution is 6.33. The molecule has 2 rings (SSSR count). The van der Waals surface area contributed by atoms with Crippen molar-refractivity contribution in [1.29, 1.82) is 0 Å². The Morgan fingerprint density at radius 1 is 1.29 bits per heavy atom. The molecule has 21 heavy (non-hydrogen) atoms. The second-order valence-corrected chi connectivity index (χ2v) is 6.25. The first kappa shape index (κ1) is 18.6. The van der Waals surface area contributed by atoms with Crippen LogP contribution >= 0.6 is 35.6 Å². The molecule has 0 aliphatic carbocycles. The third kappa shape index (κ3) is 6.03. The molecule has 1 unspecified atom stereocenters. The van der Waals surface area contributed by atoms with E-state index in [0.29, 0.717) is 10.9 Å². The van der Waals surface area contributed by atoms with Crippen LogP contribution < -0.4 is 0 Å². The summed E-state index contributed by atoms with van der Waals surface area (Å²) >= 11 is 12.2. The van der Waals surface area contributed by atoms with Gasteiger partial charge in [-0.2, -0.15) is 0 Å². The minimum Gasteiger partial charge on any atom is -0.481 e. The van der Waals surface area contributed by atoms with Gasteiger partial charge in [0.05, 0.1) is 0 Å². The lowest BCUT2D eigenvalue weighted by atomic mass is 9.97. The first-order valence-electron chi connectivity index (χ1n) is 6.92. The summed E-state index contributed by atoms with van der Waals surface area (Å²) in [6.07, 6.45) is 3.25. The average molecular weight is 353 g/mol. The van der Waals surface area contributed by atoms with Crippen LogP contribution in [0.15, 0.2) is 18.2 Å². The second-order valence-electron chi connectivity index (χ2n) is 5.41. The van der Waals surface area contributed by atoms with Gasteiger partial charge in [0.25, 0.3) is 0 Å². The number of nitrogens with zero attached hydrogens (tertiary/aromatic N) is 1. The molecule has 1 aromatic carbocycles. The predicted octanol–water partition coefficient (Wildman–Crippen LogP) is 4.49. The Labute approximate surface area is 141 Å². The molecule has 3 nitrogen and oxygen atoms in total. The molecule has 1 heterocycles. The van der Waals surface area contributed by atoms with E-state index in [1.54, 1.807) is 6.07 Å². The number of carboxylic acids is 1. The molecular weight excluding hydrogens is 333 g/mol. The Balaban J connectivity index is 0.00000220. The largest absolute Gasteiger partial charge is 0.481 e. The summed E-state index contributed by atoms with van der Waals surface area (Å²) < 4.78 is 0. The summed E-state index contributed by atoms with van der Waals surface area (Å²) in [6, 6.07) is 5.52. The minimum atomic E-state index is -0.693. The fourth-order valence-corrected chi connectivity index (χ4v) is 3.11. The number of aliphatic carboxylic acids is 1. The fourth-order valence-electron chi connectivity index (χ4n) is 2.74. The van der Waals surface area contributed by atoms with Crippen LogP contribution in [0, 0.1) is 5.92 Å². The molecule has 118 valence electrons. The molecule has 1 saturated heterocycles. The van der Waals surface area contributed by atoms with Crippen LogP contribution in [-0.2, 0) is 11.3 Å². The number of hydrogen-bond donors (Lipinski definition) is 1. The number of benzene rings is 1. The molecule has 0 aromatic heterocycles. The molecule has 0 radical (unpaired) electrons. The molecule has 1 fully saturated rings. The maximum absolute atomic E-state index is 10.8. The van der Waals surface area contributed by atoms with Crippen LogP contribution in [0.2, 0.25) is 10.0 Å². The highest BCUT2D eigenvalue weighted by atomic mass is 35.5. The van der Waals surface area contributed by atoms with E-state index < -0.39 is 5.97 Å². The Morgan fingerprint density at radius 2 is 2.05 bits per heavy atom. The summed E-state index contributed by atoms with van der Waals surface area (Å²) in [5.41, 5.74) is 1.04. The van der Waals surface area contributed by atoms with Crippen molar-refractivity contribution in [2.24, 2.45) is 5.92 Å². The first-order chi connectivity index (χ1) is 9.54. The Kier molecular flexibility index (Phi) is 7.82. The van der Waals surface area contributed by atoms with Gasteiger partial charge in [-0.05, 0) is 62.0 Å². The van der Waals surface area contributed by atoms with E-state index >= 15 is 0 Å². The van der Waals surface area contributed by atoms with Crippen LogP contribution in [0.25, 0.3) is 0 Å². The minimum absolute atomic E-state index is 0. The van der Waals surface area contributed by atoms with Crippen molar-refractivity contribution < 1.29 is 9.90 Å². The number of carboxylic acid groups (broad SMARTS) is 1. The van der Waals surface area contributed by atoms with Gasteiger partial charge >= 0.3 is 5.97 Å². The maximum Gasteiger partial charge on any atom is 0.303 e. The van der Waals surface area contributed by atoms with Gasteiger partial charge in [0.1, 0.15) is 0 Å². The summed E-state index contributed by atoms with van der Waals surface area (Å²) in [5.74, 6) is -0.395. The standard InChI is InChI=1S/C15H19Cl2NO2.ClH/c16-13-3-4-14(17)12(9-13)10-18-6-1-2-11(5-7-18)8-15(19)20;/h3-4,9,11H,1-2,5-8,10H2,(H,19,20);1H. The highest BCUT2D eigenvalue weighted by Crippen LogP contribution is 2.25. The topological polar surface area (TPSA) is 40.5 Å². The van der Waals surface area contributed by atoms with Gasteiger partial charge in [0, 0.05) is 23.0 Å². The first-order valence-corrected chi connectivity index (χ1v) is 7.68. The lowest BCUT2D eigenvalue weighted by Crippen LogP contribution is -2.24. The van der Waals surface area contributed by atoms with Gasteiger partial charge in [-0.3, -0.25) is 9.69 Å². The average Bonchev–Trinajstić information content (AvgIpc) is 2.59. The molecule has 0 spiro atoms. The molecule has 1 aliphatic heterocycles. The normalized spacial score (nSPS) is 19.6. The van der Waals surface area contributed by atoms with Crippen molar-refractivity contribution in [1.82, 2.24) is 4.90 Å². The zero-order valence-electron chi connectivity index (χ0n) is 11.7. The van der Waals surface area contributed by atoms with Crippen molar-refractivity contribution in [2.45, 2.75) is 32.2 Å². The van der Waals surface area contributed by atoms with Crippen LogP contribution in [0.3, 0.4) is 0 Å². The van der Waals surface area contributed by atoms with E-state index in [0.717, 1.165) is 49.5 Å². The van der Waals surface area contributed by atoms with Crippen molar-refractivity contribution in [3.63, 3.8) is 0 Å². The monoisotopic (exact) mass is 351 g/mol. The number of hydrogen-bond acceptors (Lipinski definition) is 2. The van der Waals surface area contributed by atoms with Crippen LogP contribution in [-0.4, -0.2) is 29.1 Å². The van der Waals surface area contributed by atoms with E-state index in [1.807, 2.05) is 12.1 Å². The molecule has 1 atom stereocenters. The highest BCUT2D eigenvalue weighted by Gasteiger charge is 2.19. The number of likely N-dealkylation sites (tertiary alicyclic amines) is 1. The molecule has 1 N–H and O–H groups in total. The molecule has 0 saturated carbocycles. The lowest BCUT2D eigenvalue weighted by molar-refractivity contribution is -0.138. The van der Waals surface area contributed by atoms with Gasteiger partial charge in [-0.1, -0.05) is 23.2 Å². The van der Waals surface area contributed by atoms with E-state index in [2.05, 4.69) is 4.90 Å². The van der Waals surface area contributed by atoms with Crippen molar-refractivity contribution >= 4 is 41.6 Å². The third-order valence-electron chi connectivity index (χ3n) is 3.81. The summed E-state index contributed by atoms with van der Waals surface area (Å²) in [5, 5.41) is 10.3. The quantitative estimate of drug-likeness (QED) is 0.868. The van der Waals surface area contributed by atoms with Gasteiger partial charge in [0.2, 0.25) is 0 Å². The van der Waals surface area contributed by atoms with Crippen molar-refractivity contribution in [3.8, 4) is 0 Å². The maximum atomic E-state index is 10.8. The zero-order valence-corrected chi connectivity index (χ0v) is 14.1. The van der Waals surface area contributed by atoms with Gasteiger partial charge < -0.3 is 5.11 Å². The second kappa shape index (κ2) is 8.84. The molecule has 0 bridgehead atoms. The van der Waals surface area contributed by atoms with Crippen molar-refractivity contribution in [2.75, 3.05) is 13.1 Å². The molecule has 6 heteroatoms. The molecule has 1 aliphatic rings. The summed E-state index contributed by atoms with van der Waals surface area (Å²) in [7, 11) is 0. The van der Waals surface area contributed by atoms with Gasteiger partial charge in [-0.25, -0.2) is 0 Å². The summed E-state index contributed by atoms with van der Waals surface area (Å²) in [4.78, 5) is 13.1. The van der Waals surface area contributed by atoms with E-state index in [9.17, 15) is 4.79 Å². The predicted molar refractivity (Wildman–Crippen MR) is 88.6 cm³/mol. The van der Waals surface area contributed by atoms with Crippen LogP contribution in [0.5, 0.6) is 0 Å². The third-order valence-corrected chi connectivity index (χ3v) is 4.41. The molecule has 1 aromatic rings. The SMILES string of the molecule is Cl.O=C(O)CC1CCCN(Cc2cc(Cl)ccc2Cl)CC1. The Hall–Kier alpha value is -0.480. The van der Waals surface area contributed by atoms with Gasteiger partial charge in [0.15, 0.2) is 0 Å². The Morgan fingerprint density at radius 3 is 2.76 bits per heavy atom. The van der Waals surface area contributed by atoms with Gasteiger partial charge in [-0.15, -0.1) is 12.4 Å². The molecular formula is C15H20Cl3NO2. The zero-order chi connectivity index (χ0) is 14.5. The van der Waals surface area contributed by atoms with Crippen LogP contribution in [0.4, 0.5) is 0 Å². The number of halogens is 3. The number of rotatable bonds is 4. The van der Waals surface area contributed by atoms with E-state index in [1.165, 1.54) is 0 Å². The van der Waals surface area contributed by atoms with Crippen molar-refractivity contribution in [3.05, 3.63) is 33.8 Å². The van der Waals surface area contributed by atoms with E-state index in [4.69, 9.17) is 28.3 Å². The fraction of sp³-hybridized carbons (Fsp3) is 0.533. The number of carbonyl (C=O) groups is 1. The van der Waals surface area contributed by atoms with E-state index in [-0.39, 0.29) is 18.8 Å². The smallest absolute Gasteiger partial charge is 0.303 e. The van der Waals surface area contributed by atoms with Crippen LogP contribution in [0.1, 0.15) is 31.2 Å². The summed E-state index contributed by atoms with van der Waals surface area (Å²) in [6.45, 7) is 2.68.